The third kappa shape index (κ3) is 10.9. The Labute approximate surface area is 275 Å². The summed E-state index contributed by atoms with van der Waals surface area (Å²) in [4.78, 5) is 21.9. The zero-order valence-electron chi connectivity index (χ0n) is 17.1. The van der Waals surface area contributed by atoms with Crippen molar-refractivity contribution in [1.29, 1.82) is 0 Å². The van der Waals surface area contributed by atoms with E-state index in [4.69, 9.17) is 20.4 Å². The zero-order valence-corrected chi connectivity index (χ0v) is 25.0. The Morgan fingerprint density at radius 3 is 1.24 bits per heavy atom. The SMILES string of the molecule is O=C1OC(C(O)CO)C(O)=C1OS(=O)(=O)[O-].O=C1OC(C(O)CO)C(O)=C1OS(=O)(=O)[O-].[K+].[K+]. The second-order valence-electron chi connectivity index (χ2n) is 5.56. The van der Waals surface area contributed by atoms with E-state index in [1.165, 1.54) is 0 Å². The molecule has 4 unspecified atom stereocenters. The van der Waals surface area contributed by atoms with Gasteiger partial charge in [0.05, 0.1) is 13.2 Å². The minimum atomic E-state index is -5.24. The van der Waals surface area contributed by atoms with Gasteiger partial charge in [-0.25, -0.2) is 26.4 Å². The van der Waals surface area contributed by atoms with Crippen LogP contribution in [0.5, 0.6) is 0 Å². The van der Waals surface area contributed by atoms with Gasteiger partial charge in [0.15, 0.2) is 23.7 Å². The number of hydrogen-bond donors (Lipinski definition) is 6. The molecule has 0 aliphatic carbocycles. The summed E-state index contributed by atoms with van der Waals surface area (Å²) in [6.45, 7) is -1.70. The van der Waals surface area contributed by atoms with Crippen LogP contribution in [-0.4, -0.2) is 106 Å². The van der Waals surface area contributed by atoms with E-state index < -0.39 is 93.4 Å². The number of aliphatic hydroxyl groups excluding tert-OH is 6. The first-order valence-corrected chi connectivity index (χ1v) is 10.4. The first-order valence-electron chi connectivity index (χ1n) is 7.69. The molecule has 22 heteroatoms. The van der Waals surface area contributed by atoms with E-state index in [-0.39, 0.29) is 103 Å². The number of cyclic esters (lactones) is 2. The molecule has 0 bridgehead atoms. The van der Waals surface area contributed by atoms with Gasteiger partial charge in [-0.3, -0.25) is 0 Å². The van der Waals surface area contributed by atoms with Crippen molar-refractivity contribution in [3.05, 3.63) is 23.0 Å². The first-order chi connectivity index (χ1) is 14.5. The van der Waals surface area contributed by atoms with E-state index >= 15 is 0 Å². The second kappa shape index (κ2) is 15.1. The molecule has 0 saturated heterocycles. The predicted octanol–water partition coefficient (Wildman–Crippen LogP) is -11.0. The van der Waals surface area contributed by atoms with Gasteiger partial charge in [0.25, 0.3) is 32.3 Å². The number of aliphatic hydroxyl groups is 6. The maximum atomic E-state index is 10.9. The number of hydrogen-bond acceptors (Lipinski definition) is 18. The van der Waals surface area contributed by atoms with Crippen LogP contribution in [0.15, 0.2) is 23.0 Å². The van der Waals surface area contributed by atoms with E-state index in [0.29, 0.717) is 0 Å². The van der Waals surface area contributed by atoms with Crippen LogP contribution in [0.1, 0.15) is 0 Å². The molecule has 18 nitrogen and oxygen atoms in total. The Hall–Kier alpha value is 0.553. The van der Waals surface area contributed by atoms with Gasteiger partial charge in [0.2, 0.25) is 0 Å². The van der Waals surface area contributed by atoms with Gasteiger partial charge in [-0.1, -0.05) is 0 Å². The zero-order chi connectivity index (χ0) is 25.0. The van der Waals surface area contributed by atoms with Crippen LogP contribution in [0, 0.1) is 0 Å². The average molecular weight is 589 g/mol. The van der Waals surface area contributed by atoms with E-state index in [1.807, 2.05) is 0 Å². The Bertz CT molecular complexity index is 936. The van der Waals surface area contributed by atoms with Crippen molar-refractivity contribution in [2.24, 2.45) is 0 Å². The minimum Gasteiger partial charge on any atom is -0.716 e. The van der Waals surface area contributed by atoms with Crippen molar-refractivity contribution < 1.29 is 187 Å². The topological polar surface area (TPSA) is 307 Å². The Morgan fingerprint density at radius 2 is 1.03 bits per heavy atom. The molecule has 0 saturated carbocycles. The molecule has 0 aromatic rings. The number of carbonyl (C=O) groups excluding carboxylic acids is 2. The van der Waals surface area contributed by atoms with Crippen LogP contribution in [0.3, 0.4) is 0 Å². The summed E-state index contributed by atoms with van der Waals surface area (Å²) in [5.74, 6) is -7.40. The van der Waals surface area contributed by atoms with Crippen molar-refractivity contribution in [2.45, 2.75) is 24.4 Å². The average Bonchev–Trinajstić information content (AvgIpc) is 3.10. The quantitative estimate of drug-likeness (QED) is 0.0663. The monoisotopic (exact) mass is 588 g/mol. The summed E-state index contributed by atoms with van der Waals surface area (Å²) in [6, 6.07) is 0. The third-order valence-electron chi connectivity index (χ3n) is 3.29. The Kier molecular flexibility index (Phi) is 16.3. The second-order valence-corrected chi connectivity index (χ2v) is 7.53. The van der Waals surface area contributed by atoms with Crippen molar-refractivity contribution in [2.75, 3.05) is 13.2 Å². The van der Waals surface area contributed by atoms with Gasteiger partial charge in [0, 0.05) is 0 Å². The molecular formula is C12H14K2O18S2. The van der Waals surface area contributed by atoms with Gasteiger partial charge in [-0.15, -0.1) is 0 Å². The molecule has 2 heterocycles. The Morgan fingerprint density at radius 1 is 0.765 bits per heavy atom. The molecule has 34 heavy (non-hydrogen) atoms. The van der Waals surface area contributed by atoms with Crippen molar-refractivity contribution >= 4 is 32.7 Å². The van der Waals surface area contributed by atoms with Gasteiger partial charge >= 0.3 is 115 Å². The number of ether oxygens (including phenoxy) is 2. The molecule has 2 aliphatic heterocycles. The molecule has 0 amide bonds. The summed E-state index contributed by atoms with van der Waals surface area (Å²) in [5, 5.41) is 53.6. The fourth-order valence-corrected chi connectivity index (χ4v) is 2.70. The van der Waals surface area contributed by atoms with Crippen molar-refractivity contribution in [3.63, 3.8) is 0 Å². The maximum Gasteiger partial charge on any atom is 1.00 e. The fraction of sp³-hybridized carbons (Fsp3) is 0.500. The van der Waals surface area contributed by atoms with Gasteiger partial charge in [-0.2, -0.15) is 0 Å². The van der Waals surface area contributed by atoms with Gasteiger partial charge < -0.3 is 57.6 Å². The normalized spacial score (nSPS) is 21.8. The largest absolute Gasteiger partial charge is 1.00 e. The van der Waals surface area contributed by atoms with Crippen LogP contribution < -0.4 is 103 Å². The van der Waals surface area contributed by atoms with E-state index in [9.17, 15) is 45.7 Å². The molecule has 184 valence electrons. The first kappa shape index (κ1) is 36.7. The third-order valence-corrected chi connectivity index (χ3v) is 4.03. The molecular weight excluding hydrogens is 574 g/mol. The maximum absolute atomic E-state index is 10.9. The number of rotatable bonds is 8. The van der Waals surface area contributed by atoms with Crippen molar-refractivity contribution in [3.8, 4) is 0 Å². The molecule has 0 radical (unpaired) electrons. The summed E-state index contributed by atoms with van der Waals surface area (Å²) < 4.78 is 76.9. The van der Waals surface area contributed by atoms with E-state index in [2.05, 4.69) is 17.8 Å². The molecule has 0 aromatic carbocycles. The predicted molar refractivity (Wildman–Crippen MR) is 86.8 cm³/mol. The number of esters is 2. The van der Waals surface area contributed by atoms with Crippen LogP contribution in [0.2, 0.25) is 0 Å². The van der Waals surface area contributed by atoms with Gasteiger partial charge in [-0.05, 0) is 0 Å². The molecule has 0 aromatic heterocycles. The van der Waals surface area contributed by atoms with Crippen LogP contribution in [0.4, 0.5) is 0 Å². The van der Waals surface area contributed by atoms with Gasteiger partial charge in [0.1, 0.15) is 12.2 Å². The minimum absolute atomic E-state index is 0. The molecule has 0 fully saturated rings. The number of carbonyl (C=O) groups is 2. The standard InChI is InChI=1S/2C6H8O9S.2K/c2*7-1-2(8)4-3(9)5(6(10)14-4)15-16(11,12)13;;/h2*2,4,7-9H,1H2,(H,11,12,13);;/q;;2*+1/p-2. The summed E-state index contributed by atoms with van der Waals surface area (Å²) in [7, 11) is -10.5. The summed E-state index contributed by atoms with van der Waals surface area (Å²) >= 11 is 0. The molecule has 4 atom stereocenters. The molecule has 2 aliphatic rings. The van der Waals surface area contributed by atoms with Crippen LogP contribution in [0.25, 0.3) is 0 Å². The molecule has 0 spiro atoms. The smallest absolute Gasteiger partial charge is 0.716 e. The van der Waals surface area contributed by atoms with E-state index in [1.54, 1.807) is 0 Å². The molecule has 2 rings (SSSR count). The van der Waals surface area contributed by atoms with E-state index in [0.717, 1.165) is 0 Å². The summed E-state index contributed by atoms with van der Waals surface area (Å²) in [5.41, 5.74) is 0. The molecule has 6 N–H and O–H groups in total. The van der Waals surface area contributed by atoms with Crippen molar-refractivity contribution in [1.82, 2.24) is 0 Å². The van der Waals surface area contributed by atoms with Crippen LogP contribution in [-0.2, 0) is 48.2 Å². The fourth-order valence-electron chi connectivity index (χ4n) is 1.99. The Balaban J connectivity index is 0. The van der Waals surface area contributed by atoms with Crippen LogP contribution >= 0.6 is 0 Å². The summed E-state index contributed by atoms with van der Waals surface area (Å²) in [6.07, 6.45) is -6.62.